The Labute approximate surface area is 161 Å². The fourth-order valence-corrected chi connectivity index (χ4v) is 3.06. The van der Waals surface area contributed by atoms with Crippen LogP contribution in [0.5, 0.6) is 0 Å². The number of nitrogens with one attached hydrogen (secondary N) is 2. The third kappa shape index (κ3) is 3.48. The van der Waals surface area contributed by atoms with Crippen LogP contribution in [0.3, 0.4) is 0 Å². The van der Waals surface area contributed by atoms with E-state index in [1.54, 1.807) is 66.7 Å². The van der Waals surface area contributed by atoms with E-state index in [9.17, 15) is 14.4 Å². The van der Waals surface area contributed by atoms with Crippen LogP contribution in [-0.4, -0.2) is 24.3 Å². The fraction of sp³-hybridized carbons (Fsp3) is 0.0455. The highest BCUT2D eigenvalue weighted by Crippen LogP contribution is 2.30. The molecule has 0 unspecified atom stereocenters. The third-order valence-corrected chi connectivity index (χ3v) is 4.44. The van der Waals surface area contributed by atoms with Crippen molar-refractivity contribution in [2.45, 2.75) is 0 Å². The second kappa shape index (κ2) is 7.36. The van der Waals surface area contributed by atoms with Gasteiger partial charge >= 0.3 is 0 Å². The van der Waals surface area contributed by atoms with Crippen LogP contribution in [0.1, 0.15) is 20.7 Å². The van der Waals surface area contributed by atoms with Gasteiger partial charge in [-0.25, -0.2) is 0 Å². The van der Waals surface area contributed by atoms with Gasteiger partial charge in [0.15, 0.2) is 0 Å². The van der Waals surface area contributed by atoms with Crippen molar-refractivity contribution in [2.75, 3.05) is 22.1 Å². The SMILES string of the molecule is O=C1CN(C(=O)c2ccc(NC(=O)c3ccccc3)cc2)c2ccccc2N1. The summed E-state index contributed by atoms with van der Waals surface area (Å²) >= 11 is 0. The van der Waals surface area contributed by atoms with Crippen molar-refractivity contribution in [1.82, 2.24) is 0 Å². The van der Waals surface area contributed by atoms with Gasteiger partial charge < -0.3 is 10.6 Å². The number of carbonyl (C=O) groups is 3. The van der Waals surface area contributed by atoms with Gasteiger partial charge in [-0.3, -0.25) is 19.3 Å². The summed E-state index contributed by atoms with van der Waals surface area (Å²) < 4.78 is 0. The number of amides is 3. The number of carbonyl (C=O) groups excluding carboxylic acids is 3. The first-order valence-electron chi connectivity index (χ1n) is 8.79. The molecule has 0 aromatic heterocycles. The summed E-state index contributed by atoms with van der Waals surface area (Å²) in [5, 5.41) is 5.56. The lowest BCUT2D eigenvalue weighted by atomic mass is 10.1. The first-order valence-corrected chi connectivity index (χ1v) is 8.79. The highest BCUT2D eigenvalue weighted by molar-refractivity contribution is 6.15. The van der Waals surface area contributed by atoms with Gasteiger partial charge in [-0.05, 0) is 48.5 Å². The zero-order chi connectivity index (χ0) is 19.5. The normalized spacial score (nSPS) is 12.7. The van der Waals surface area contributed by atoms with E-state index in [4.69, 9.17) is 0 Å². The summed E-state index contributed by atoms with van der Waals surface area (Å²) in [6.07, 6.45) is 0. The summed E-state index contributed by atoms with van der Waals surface area (Å²) in [4.78, 5) is 38.5. The molecule has 3 amide bonds. The predicted molar refractivity (Wildman–Crippen MR) is 108 cm³/mol. The van der Waals surface area contributed by atoms with Crippen LogP contribution in [0.4, 0.5) is 17.1 Å². The minimum Gasteiger partial charge on any atom is -0.323 e. The van der Waals surface area contributed by atoms with Crippen molar-refractivity contribution in [3.05, 3.63) is 90.0 Å². The van der Waals surface area contributed by atoms with Crippen LogP contribution < -0.4 is 15.5 Å². The zero-order valence-corrected chi connectivity index (χ0v) is 14.9. The molecule has 2 N–H and O–H groups in total. The van der Waals surface area contributed by atoms with E-state index in [2.05, 4.69) is 10.6 Å². The Morgan fingerprint density at radius 3 is 2.25 bits per heavy atom. The number of benzene rings is 3. The number of para-hydroxylation sites is 2. The van der Waals surface area contributed by atoms with Gasteiger partial charge in [0.05, 0.1) is 11.4 Å². The van der Waals surface area contributed by atoms with E-state index < -0.39 is 0 Å². The lowest BCUT2D eigenvalue weighted by molar-refractivity contribution is -0.115. The summed E-state index contributed by atoms with van der Waals surface area (Å²) in [6, 6.07) is 22.7. The van der Waals surface area contributed by atoms with Gasteiger partial charge in [0.2, 0.25) is 5.91 Å². The fourth-order valence-electron chi connectivity index (χ4n) is 3.06. The lowest BCUT2D eigenvalue weighted by Gasteiger charge is -2.29. The maximum absolute atomic E-state index is 12.9. The molecular weight excluding hydrogens is 354 g/mol. The Balaban J connectivity index is 1.52. The van der Waals surface area contributed by atoms with E-state index in [1.807, 2.05) is 12.1 Å². The maximum Gasteiger partial charge on any atom is 0.258 e. The molecule has 0 fully saturated rings. The van der Waals surface area contributed by atoms with Gasteiger partial charge in [-0.1, -0.05) is 30.3 Å². The lowest BCUT2D eigenvalue weighted by Crippen LogP contribution is -2.42. The van der Waals surface area contributed by atoms with Crippen molar-refractivity contribution < 1.29 is 14.4 Å². The highest BCUT2D eigenvalue weighted by Gasteiger charge is 2.27. The summed E-state index contributed by atoms with van der Waals surface area (Å²) in [5.74, 6) is -0.733. The molecule has 6 heteroatoms. The molecule has 1 aliphatic rings. The Kier molecular flexibility index (Phi) is 4.60. The van der Waals surface area contributed by atoms with Crippen LogP contribution in [0.2, 0.25) is 0 Å². The van der Waals surface area contributed by atoms with E-state index in [0.717, 1.165) is 0 Å². The second-order valence-corrected chi connectivity index (χ2v) is 6.35. The molecule has 4 rings (SSSR count). The average molecular weight is 371 g/mol. The Morgan fingerprint density at radius 2 is 1.50 bits per heavy atom. The topological polar surface area (TPSA) is 78.5 Å². The van der Waals surface area contributed by atoms with Crippen LogP contribution >= 0.6 is 0 Å². The number of hydrogen-bond donors (Lipinski definition) is 2. The Bertz CT molecular complexity index is 1050. The molecular formula is C22H17N3O3. The van der Waals surface area contributed by atoms with Crippen molar-refractivity contribution in [3.8, 4) is 0 Å². The number of hydrogen-bond acceptors (Lipinski definition) is 3. The number of anilines is 3. The van der Waals surface area contributed by atoms with Gasteiger partial charge in [-0.2, -0.15) is 0 Å². The molecule has 3 aromatic carbocycles. The molecule has 3 aromatic rings. The van der Waals surface area contributed by atoms with Crippen LogP contribution in [0.15, 0.2) is 78.9 Å². The number of fused-ring (bicyclic) bond motifs is 1. The van der Waals surface area contributed by atoms with Crippen LogP contribution in [-0.2, 0) is 4.79 Å². The highest BCUT2D eigenvalue weighted by atomic mass is 16.2. The second-order valence-electron chi connectivity index (χ2n) is 6.35. The van der Waals surface area contributed by atoms with Crippen molar-refractivity contribution >= 4 is 34.8 Å². The van der Waals surface area contributed by atoms with Crippen molar-refractivity contribution in [3.63, 3.8) is 0 Å². The molecule has 0 radical (unpaired) electrons. The molecule has 28 heavy (non-hydrogen) atoms. The van der Waals surface area contributed by atoms with E-state index in [0.29, 0.717) is 28.2 Å². The zero-order valence-electron chi connectivity index (χ0n) is 14.9. The van der Waals surface area contributed by atoms with Gasteiger partial charge in [0, 0.05) is 16.8 Å². The monoisotopic (exact) mass is 371 g/mol. The molecule has 0 spiro atoms. The smallest absolute Gasteiger partial charge is 0.258 e. The first-order chi connectivity index (χ1) is 13.6. The summed E-state index contributed by atoms with van der Waals surface area (Å²) in [7, 11) is 0. The largest absolute Gasteiger partial charge is 0.323 e. The average Bonchev–Trinajstić information content (AvgIpc) is 2.73. The molecule has 6 nitrogen and oxygen atoms in total. The molecule has 1 heterocycles. The van der Waals surface area contributed by atoms with E-state index in [1.165, 1.54) is 4.90 Å². The first kappa shape index (κ1) is 17.5. The van der Waals surface area contributed by atoms with Crippen molar-refractivity contribution in [2.24, 2.45) is 0 Å². The molecule has 0 aliphatic carbocycles. The Hall–Kier alpha value is -3.93. The van der Waals surface area contributed by atoms with Crippen molar-refractivity contribution in [1.29, 1.82) is 0 Å². The molecule has 0 saturated heterocycles. The van der Waals surface area contributed by atoms with E-state index >= 15 is 0 Å². The minimum atomic E-state index is -0.275. The molecule has 0 atom stereocenters. The number of nitrogens with zero attached hydrogens (tertiary/aromatic N) is 1. The molecule has 0 bridgehead atoms. The molecule has 0 saturated carbocycles. The molecule has 1 aliphatic heterocycles. The maximum atomic E-state index is 12.9. The quantitative estimate of drug-likeness (QED) is 0.739. The van der Waals surface area contributed by atoms with Crippen LogP contribution in [0.25, 0.3) is 0 Å². The van der Waals surface area contributed by atoms with Crippen LogP contribution in [0, 0.1) is 0 Å². The van der Waals surface area contributed by atoms with E-state index in [-0.39, 0.29) is 24.3 Å². The van der Waals surface area contributed by atoms with Gasteiger partial charge in [-0.15, -0.1) is 0 Å². The van der Waals surface area contributed by atoms with Gasteiger partial charge in [0.1, 0.15) is 6.54 Å². The predicted octanol–water partition coefficient (Wildman–Crippen LogP) is 3.54. The summed E-state index contributed by atoms with van der Waals surface area (Å²) in [6.45, 7) is -0.0393. The number of rotatable bonds is 3. The molecule has 138 valence electrons. The van der Waals surface area contributed by atoms with Gasteiger partial charge in [0.25, 0.3) is 11.8 Å². The summed E-state index contributed by atoms with van der Waals surface area (Å²) in [5.41, 5.74) is 2.84. The Morgan fingerprint density at radius 1 is 0.821 bits per heavy atom. The third-order valence-electron chi connectivity index (χ3n) is 4.44. The minimum absolute atomic E-state index is 0.0393. The standard InChI is InChI=1S/C22H17N3O3/c26-20-14-25(19-9-5-4-8-18(19)24-20)22(28)16-10-12-17(13-11-16)23-21(27)15-6-2-1-3-7-15/h1-13H,14H2,(H,23,27)(H,24,26).